The molecule has 12 nitrogen and oxygen atoms in total. The zero-order chi connectivity index (χ0) is 69.3. The third-order valence-corrected chi connectivity index (χ3v) is 25.8. The van der Waals surface area contributed by atoms with Gasteiger partial charge in [0, 0.05) is 110 Å². The summed E-state index contributed by atoms with van der Waals surface area (Å²) in [5.74, 6) is 0.784. The molecule has 0 radical (unpaired) electrons. The van der Waals surface area contributed by atoms with Crippen molar-refractivity contribution in [1.82, 2.24) is 16.0 Å². The van der Waals surface area contributed by atoms with E-state index in [0.717, 1.165) is 102 Å². The van der Waals surface area contributed by atoms with E-state index >= 15 is 0 Å². The van der Waals surface area contributed by atoms with E-state index in [1.54, 1.807) is 12.1 Å². The van der Waals surface area contributed by atoms with Gasteiger partial charge in [-0.2, -0.15) is 21.6 Å². The Morgan fingerprint density at radius 2 is 0.794 bits per heavy atom. The van der Waals surface area contributed by atoms with Crippen LogP contribution in [0.15, 0.2) is 127 Å². The summed E-state index contributed by atoms with van der Waals surface area (Å²) in [6, 6.07) is 40.7. The van der Waals surface area contributed by atoms with Crippen molar-refractivity contribution < 1.29 is 44.9 Å². The fraction of sp³-hybridized carbons (Fsp3) is 0.480. The van der Waals surface area contributed by atoms with Gasteiger partial charge >= 0.3 is 15.6 Å². The molecule has 3 amide bonds. The third kappa shape index (κ3) is 13.8. The molecule has 518 valence electrons. The second-order valence-electron chi connectivity index (χ2n) is 28.7. The van der Waals surface area contributed by atoms with Crippen LogP contribution in [-0.4, -0.2) is 89.2 Å². The molecule has 6 aromatic carbocycles. The van der Waals surface area contributed by atoms with Gasteiger partial charge in [-0.25, -0.2) is 0 Å². The Bertz CT molecular complexity index is 4030. The summed E-state index contributed by atoms with van der Waals surface area (Å²) in [4.78, 5) is 43.4. The molecule has 15 atom stereocenters. The lowest BCUT2D eigenvalue weighted by Gasteiger charge is -2.46. The molecule has 0 aromatic heterocycles. The smallest absolute Gasteiger partial charge is 0.378 e. The molecule has 22 heteroatoms. The zero-order valence-electron chi connectivity index (χ0n) is 55.0. The molecule has 5 saturated heterocycles. The summed E-state index contributed by atoms with van der Waals surface area (Å²) < 4.78 is 70.6. The highest BCUT2D eigenvalue weighted by Crippen LogP contribution is 2.63. The minimum Gasteiger partial charge on any atom is -0.378 e. The lowest BCUT2D eigenvalue weighted by molar-refractivity contribution is -0.130. The standard InChI is InChI=1S/C26H30Cl2N2O2.C26H30Cl2N2O.C23H22Cl2F3NO4S/c1-16-24-23(17-3-5-18(27)6-4-17)21(9-10-26(24,2)25(31)29-16)20-8-7-19(15-22(20)28)30-11-13-32-14-12-30;1-16-24-23(17-5-7-18(27)8-6-17)21(11-12-26(24,2)25(31)29-16)20-10-9-19(15-22(20)28)30-13-3-4-14-30;1-12-20-19(13-3-5-14(24)6-4-13)17(9-10-22(20,2)21(30)29-12)16-8-7-15(11-18(16)25)33-34(31,32)23(26,27)28/h3-8,15-16,21,23-24H,9-14H2,1-2H3,(H,29,31);5-10,15-16,21,23-24H,3-4,11-14H2,1-2H3,(H,29,31);3-8,11-12,17,19-20H,9-10H2,1-2H3,(H,29,30)/t2*16-,21+,23+,24+,26-;12-,17+,19+,20+,22-/m111/s1. The van der Waals surface area contributed by atoms with Crippen LogP contribution in [0, 0.1) is 34.0 Å². The molecular formula is C75H82Cl6F3N5O7S. The molecular weight excluding hydrogens is 1380 g/mol. The molecule has 97 heavy (non-hydrogen) atoms. The SMILES string of the molecule is C[C@H]1NC(=O)[C@]2(C)CC[C@@H](c3ccc(N4CCCC4)cc3Cl)[C@H](c3ccc(Cl)cc3)[C@H]12.C[C@H]1NC(=O)[C@]2(C)CC[C@@H](c3ccc(N4CCOCC4)cc3Cl)[C@H](c3ccc(Cl)cc3)[C@H]12.C[C@H]1NC(=O)[C@]2(C)CC[C@@H](c3ccc(OS(=O)(=O)C(F)(F)F)cc3Cl)[C@H](c3ccc(Cl)cc3)[C@H]12. The maximum atomic E-state index is 12.9. The number of hydrogen-bond acceptors (Lipinski definition) is 9. The predicted octanol–water partition coefficient (Wildman–Crippen LogP) is 18.1. The first-order chi connectivity index (χ1) is 46.0. The number of rotatable bonds is 10. The number of fused-ring (bicyclic) bond motifs is 3. The quantitative estimate of drug-likeness (QED) is 0.0901. The van der Waals surface area contributed by atoms with Gasteiger partial charge in [0.05, 0.1) is 29.5 Å². The largest absolute Gasteiger partial charge is 0.534 e. The Morgan fingerprint density at radius 3 is 1.11 bits per heavy atom. The van der Waals surface area contributed by atoms with E-state index in [2.05, 4.69) is 118 Å². The average molecular weight is 1470 g/mol. The number of carbonyl (C=O) groups excluding carboxylic acids is 3. The van der Waals surface area contributed by atoms with Gasteiger partial charge in [-0.3, -0.25) is 14.4 Å². The molecule has 3 saturated carbocycles. The minimum atomic E-state index is -5.81. The van der Waals surface area contributed by atoms with Gasteiger partial charge in [-0.05, 0) is 208 Å². The van der Waals surface area contributed by atoms with Crippen LogP contribution in [0.5, 0.6) is 5.75 Å². The summed E-state index contributed by atoms with van der Waals surface area (Å²) in [6.45, 7) is 18.0. The first-order valence-corrected chi connectivity index (χ1v) is 37.3. The molecule has 0 spiro atoms. The van der Waals surface area contributed by atoms with Crippen molar-refractivity contribution in [3.63, 3.8) is 0 Å². The van der Waals surface area contributed by atoms with Crippen LogP contribution in [0.25, 0.3) is 0 Å². The fourth-order valence-electron chi connectivity index (χ4n) is 18.4. The average Bonchev–Trinajstić information content (AvgIpc) is 1.66. The van der Waals surface area contributed by atoms with Crippen molar-refractivity contribution in [2.75, 3.05) is 49.2 Å². The van der Waals surface area contributed by atoms with Crippen molar-refractivity contribution >= 4 is 109 Å². The third-order valence-electron chi connectivity index (χ3n) is 23.1. The van der Waals surface area contributed by atoms with Gasteiger partial charge in [0.2, 0.25) is 17.7 Å². The molecule has 5 aliphatic heterocycles. The highest BCUT2D eigenvalue weighted by molar-refractivity contribution is 7.88. The Balaban J connectivity index is 0.000000139. The van der Waals surface area contributed by atoms with Crippen molar-refractivity contribution in [2.45, 2.75) is 152 Å². The lowest BCUT2D eigenvalue weighted by atomic mass is 9.56. The highest BCUT2D eigenvalue weighted by atomic mass is 35.5. The van der Waals surface area contributed by atoms with E-state index in [4.69, 9.17) is 74.3 Å². The number of benzene rings is 6. The summed E-state index contributed by atoms with van der Waals surface area (Å²) in [7, 11) is -5.81. The number of morpholine rings is 1. The van der Waals surface area contributed by atoms with Gasteiger partial charge in [-0.15, -0.1) is 0 Å². The zero-order valence-corrected chi connectivity index (χ0v) is 60.4. The maximum Gasteiger partial charge on any atom is 0.534 e. The van der Waals surface area contributed by atoms with E-state index in [1.807, 2.05) is 50.2 Å². The van der Waals surface area contributed by atoms with Crippen molar-refractivity contribution in [2.24, 2.45) is 34.0 Å². The molecule has 6 aromatic rings. The van der Waals surface area contributed by atoms with Crippen molar-refractivity contribution in [3.05, 3.63) is 191 Å². The van der Waals surface area contributed by atoms with Crippen LogP contribution in [0.4, 0.5) is 24.5 Å². The Labute approximate surface area is 597 Å². The summed E-state index contributed by atoms with van der Waals surface area (Å²) in [6.07, 6.45) is 7.32. The van der Waals surface area contributed by atoms with Crippen LogP contribution in [-0.2, 0) is 29.2 Å². The summed E-state index contributed by atoms with van der Waals surface area (Å²) in [5, 5.41) is 13.3. The fourth-order valence-corrected chi connectivity index (χ4v) is 20.2. The molecule has 8 fully saturated rings. The molecule has 14 rings (SSSR count). The molecule has 8 aliphatic rings. The van der Waals surface area contributed by atoms with E-state index in [0.29, 0.717) is 23.4 Å². The van der Waals surface area contributed by atoms with E-state index in [1.165, 1.54) is 52.9 Å². The second-order valence-corrected chi connectivity index (χ2v) is 32.7. The number of hydrogen-bond donors (Lipinski definition) is 3. The first kappa shape index (κ1) is 71.4. The van der Waals surface area contributed by atoms with Gasteiger partial charge in [0.1, 0.15) is 5.75 Å². The highest BCUT2D eigenvalue weighted by Gasteiger charge is 2.61. The van der Waals surface area contributed by atoms with Crippen LogP contribution >= 0.6 is 69.6 Å². The monoisotopic (exact) mass is 1460 g/mol. The van der Waals surface area contributed by atoms with E-state index in [-0.39, 0.29) is 105 Å². The van der Waals surface area contributed by atoms with Gasteiger partial charge in [0.25, 0.3) is 0 Å². The van der Waals surface area contributed by atoms with Crippen LogP contribution < -0.4 is 29.9 Å². The number of alkyl halides is 3. The molecule has 3 aliphatic carbocycles. The Morgan fingerprint density at radius 1 is 0.474 bits per heavy atom. The number of carbonyl (C=O) groups is 3. The first-order valence-electron chi connectivity index (χ1n) is 33.7. The number of ether oxygens (including phenoxy) is 1. The summed E-state index contributed by atoms with van der Waals surface area (Å²) in [5.41, 5.74) is 1.99. The summed E-state index contributed by atoms with van der Waals surface area (Å²) >= 11 is 38.8. The van der Waals surface area contributed by atoms with Crippen molar-refractivity contribution in [3.8, 4) is 5.75 Å². The van der Waals surface area contributed by atoms with Crippen LogP contribution in [0.1, 0.15) is 162 Å². The Kier molecular flexibility index (Phi) is 20.7. The minimum absolute atomic E-state index is 0.00499. The van der Waals surface area contributed by atoms with Crippen LogP contribution in [0.2, 0.25) is 30.1 Å². The van der Waals surface area contributed by atoms with E-state index in [9.17, 15) is 36.0 Å². The number of halogens is 9. The molecule has 3 N–H and O–H groups in total. The normalized spacial score (nSPS) is 31.5. The number of anilines is 2. The molecule has 5 heterocycles. The maximum absolute atomic E-state index is 12.9. The number of nitrogens with zero attached hydrogens (tertiary/aromatic N) is 2. The topological polar surface area (TPSA) is 146 Å². The van der Waals surface area contributed by atoms with Gasteiger partial charge < -0.3 is 34.7 Å². The second kappa shape index (κ2) is 28.2. The van der Waals surface area contributed by atoms with Crippen molar-refractivity contribution in [1.29, 1.82) is 0 Å². The lowest BCUT2D eigenvalue weighted by Crippen LogP contribution is -2.42. The molecule has 0 unspecified atom stereocenters. The molecule has 0 bridgehead atoms. The number of amides is 3. The Hall–Kier alpha value is -5.43. The number of nitrogens with one attached hydrogen (secondary N) is 3. The van der Waals surface area contributed by atoms with Crippen LogP contribution in [0.3, 0.4) is 0 Å². The predicted molar refractivity (Wildman–Crippen MR) is 381 cm³/mol. The van der Waals surface area contributed by atoms with Gasteiger partial charge in [-0.1, -0.05) is 145 Å². The van der Waals surface area contributed by atoms with E-state index < -0.39 is 26.8 Å². The van der Waals surface area contributed by atoms with Gasteiger partial charge in [0.15, 0.2) is 0 Å².